The average molecular weight is 393 g/mol. The molecule has 150 valence electrons. The summed E-state index contributed by atoms with van der Waals surface area (Å²) in [6.07, 6.45) is 8.02. The van der Waals surface area contributed by atoms with E-state index in [1.165, 1.54) is 23.3 Å². The molecule has 3 aromatic rings. The van der Waals surface area contributed by atoms with E-state index in [9.17, 15) is 4.79 Å². The molecule has 5 rings (SSSR count). The number of hydrogen-bond acceptors (Lipinski definition) is 7. The van der Waals surface area contributed by atoms with Crippen molar-refractivity contribution in [2.45, 2.75) is 13.0 Å². The molecule has 2 saturated heterocycles. The zero-order valence-corrected chi connectivity index (χ0v) is 16.2. The minimum atomic E-state index is -0.604. The van der Waals surface area contributed by atoms with Crippen molar-refractivity contribution in [3.63, 3.8) is 0 Å². The third kappa shape index (κ3) is 3.12. The predicted octanol–water partition coefficient (Wildman–Crippen LogP) is 1.19. The highest BCUT2D eigenvalue weighted by atomic mass is 16.5. The van der Waals surface area contributed by atoms with E-state index >= 15 is 0 Å². The van der Waals surface area contributed by atoms with Crippen molar-refractivity contribution in [1.82, 2.24) is 29.9 Å². The van der Waals surface area contributed by atoms with Gasteiger partial charge in [0.25, 0.3) is 5.91 Å². The largest absolute Gasteiger partial charge is 0.340 e. The summed E-state index contributed by atoms with van der Waals surface area (Å²) in [5.74, 6) is 0.0302. The van der Waals surface area contributed by atoms with Crippen LogP contribution < -0.4 is 10.4 Å². The third-order valence-electron chi connectivity index (χ3n) is 6.05. The number of carbonyl (C=O) groups is 1. The van der Waals surface area contributed by atoms with E-state index in [0.717, 1.165) is 44.8 Å². The van der Waals surface area contributed by atoms with Crippen molar-refractivity contribution >= 4 is 22.9 Å². The Morgan fingerprint density at radius 1 is 1.24 bits per heavy atom. The van der Waals surface area contributed by atoms with Crippen molar-refractivity contribution in [3.05, 3.63) is 48.0 Å². The fraction of sp³-hybridized carbons (Fsp3) is 0.400. The van der Waals surface area contributed by atoms with E-state index in [-0.39, 0.29) is 11.0 Å². The van der Waals surface area contributed by atoms with Gasteiger partial charge in [-0.1, -0.05) is 0 Å². The summed E-state index contributed by atoms with van der Waals surface area (Å²) in [5.41, 5.74) is 4.47. The number of anilines is 1. The van der Waals surface area contributed by atoms with Crippen LogP contribution in [0, 0.1) is 5.41 Å². The molecule has 0 saturated carbocycles. The van der Waals surface area contributed by atoms with Gasteiger partial charge in [0.05, 0.1) is 5.56 Å². The zero-order valence-electron chi connectivity index (χ0n) is 16.2. The van der Waals surface area contributed by atoms with Crippen LogP contribution in [0.15, 0.2) is 36.9 Å². The number of hydrogen-bond donors (Lipinski definition) is 2. The fourth-order valence-electron chi connectivity index (χ4n) is 4.70. The van der Waals surface area contributed by atoms with E-state index < -0.39 is 5.91 Å². The fourth-order valence-corrected chi connectivity index (χ4v) is 4.70. The average Bonchev–Trinajstić information content (AvgIpc) is 3.30. The smallest absolute Gasteiger partial charge is 0.277 e. The number of hydroxylamine groups is 1. The monoisotopic (exact) mass is 393 g/mol. The maximum atomic E-state index is 11.4. The summed E-state index contributed by atoms with van der Waals surface area (Å²) in [6, 6.07) is 4.14. The molecule has 0 aromatic carbocycles. The maximum absolute atomic E-state index is 11.4. The molecule has 29 heavy (non-hydrogen) atoms. The first-order valence-electron chi connectivity index (χ1n) is 9.70. The highest BCUT2D eigenvalue weighted by Crippen LogP contribution is 2.41. The number of pyridine rings is 1. The quantitative estimate of drug-likeness (QED) is 0.507. The van der Waals surface area contributed by atoms with Crippen molar-refractivity contribution < 1.29 is 10.0 Å². The third-order valence-corrected chi connectivity index (χ3v) is 6.05. The van der Waals surface area contributed by atoms with E-state index in [2.05, 4.69) is 41.6 Å². The van der Waals surface area contributed by atoms with Gasteiger partial charge in [0.1, 0.15) is 5.65 Å². The number of amides is 1. The molecule has 9 heteroatoms. The van der Waals surface area contributed by atoms with Crippen molar-refractivity contribution in [2.24, 2.45) is 12.5 Å². The van der Waals surface area contributed by atoms with Crippen LogP contribution in [0.5, 0.6) is 0 Å². The van der Waals surface area contributed by atoms with Gasteiger partial charge < -0.3 is 9.47 Å². The Kier molecular flexibility index (Phi) is 4.21. The number of nitrogens with zero attached hydrogens (tertiary/aromatic N) is 6. The van der Waals surface area contributed by atoms with Crippen LogP contribution in [-0.2, 0) is 13.6 Å². The Hall–Kier alpha value is -3.04. The van der Waals surface area contributed by atoms with Gasteiger partial charge in [0.15, 0.2) is 0 Å². The summed E-state index contributed by atoms with van der Waals surface area (Å²) in [6.45, 7) is 4.90. The second kappa shape index (κ2) is 6.78. The molecule has 2 aliphatic rings. The second-order valence-electron chi connectivity index (χ2n) is 8.17. The van der Waals surface area contributed by atoms with Gasteiger partial charge in [0, 0.05) is 75.4 Å². The predicted molar refractivity (Wildman–Crippen MR) is 107 cm³/mol. The topological polar surface area (TPSA) is 99.4 Å². The van der Waals surface area contributed by atoms with E-state index in [1.54, 1.807) is 5.48 Å². The first-order valence-corrected chi connectivity index (χ1v) is 9.70. The lowest BCUT2D eigenvalue weighted by atomic mass is 9.79. The summed E-state index contributed by atoms with van der Waals surface area (Å²) < 4.78 is 2.09. The zero-order chi connectivity index (χ0) is 20.0. The summed E-state index contributed by atoms with van der Waals surface area (Å²) >= 11 is 0. The minimum absolute atomic E-state index is 0.240. The molecule has 2 aliphatic heterocycles. The Morgan fingerprint density at radius 2 is 2.03 bits per heavy atom. The van der Waals surface area contributed by atoms with E-state index in [1.807, 2.05) is 19.3 Å². The lowest BCUT2D eigenvalue weighted by Gasteiger charge is -2.48. The van der Waals surface area contributed by atoms with Crippen LogP contribution in [0.4, 0.5) is 5.95 Å². The molecule has 1 spiro atoms. The van der Waals surface area contributed by atoms with Crippen molar-refractivity contribution in [2.75, 3.05) is 31.1 Å². The number of nitrogens with one attached hydrogen (secondary N) is 1. The first kappa shape index (κ1) is 18.0. The van der Waals surface area contributed by atoms with Crippen molar-refractivity contribution in [3.8, 4) is 0 Å². The Balaban J connectivity index is 1.22. The van der Waals surface area contributed by atoms with Crippen LogP contribution in [-0.4, -0.2) is 61.7 Å². The number of rotatable bonds is 4. The molecule has 0 aliphatic carbocycles. The van der Waals surface area contributed by atoms with Gasteiger partial charge in [-0.2, -0.15) is 0 Å². The Bertz CT molecular complexity index is 1060. The molecule has 0 radical (unpaired) electrons. The van der Waals surface area contributed by atoms with E-state index in [0.29, 0.717) is 5.95 Å². The summed E-state index contributed by atoms with van der Waals surface area (Å²) in [4.78, 5) is 29.1. The lowest BCUT2D eigenvalue weighted by Crippen LogP contribution is -2.56. The minimum Gasteiger partial charge on any atom is -0.340 e. The molecule has 2 fully saturated rings. The van der Waals surface area contributed by atoms with Gasteiger partial charge in [-0.05, 0) is 24.1 Å². The van der Waals surface area contributed by atoms with Crippen LogP contribution in [0.3, 0.4) is 0 Å². The standard InChI is InChI=1S/C20H23N7O2/c1-25-9-15(16-3-2-5-21-17(16)25)10-26-11-20(12-26)4-6-27(13-20)19-22-7-14(8-23-19)18(28)24-29/h2-3,5,7-9,29H,4,6,10-13H2,1H3,(H,24,28). The molecular formula is C20H23N7O2. The molecule has 5 heterocycles. The molecule has 0 atom stereocenters. The van der Waals surface area contributed by atoms with Crippen LogP contribution in [0.2, 0.25) is 0 Å². The second-order valence-corrected chi connectivity index (χ2v) is 8.17. The number of aromatic nitrogens is 4. The SMILES string of the molecule is Cn1cc(CN2CC3(CCN(c4ncc(C(=O)NO)cn4)C3)C2)c2cccnc21. The molecule has 3 aromatic heterocycles. The molecule has 1 amide bonds. The normalized spacial score (nSPS) is 18.3. The van der Waals surface area contributed by atoms with Crippen molar-refractivity contribution in [1.29, 1.82) is 0 Å². The van der Waals surface area contributed by atoms with Crippen LogP contribution >= 0.6 is 0 Å². The molecule has 2 N–H and O–H groups in total. The first-order chi connectivity index (χ1) is 14.1. The Morgan fingerprint density at radius 3 is 2.79 bits per heavy atom. The summed E-state index contributed by atoms with van der Waals surface area (Å²) in [5, 5.41) is 9.92. The van der Waals surface area contributed by atoms with Crippen LogP contribution in [0.1, 0.15) is 22.3 Å². The summed E-state index contributed by atoms with van der Waals surface area (Å²) in [7, 11) is 2.04. The highest BCUT2D eigenvalue weighted by molar-refractivity contribution is 5.92. The lowest BCUT2D eigenvalue weighted by molar-refractivity contribution is 0.0119. The van der Waals surface area contributed by atoms with Gasteiger partial charge in [-0.15, -0.1) is 0 Å². The number of carbonyl (C=O) groups excluding carboxylic acids is 1. The maximum Gasteiger partial charge on any atom is 0.277 e. The Labute approximate surface area is 168 Å². The molecular weight excluding hydrogens is 370 g/mol. The van der Waals surface area contributed by atoms with E-state index in [4.69, 9.17) is 5.21 Å². The van der Waals surface area contributed by atoms with Crippen LogP contribution in [0.25, 0.3) is 11.0 Å². The van der Waals surface area contributed by atoms with Gasteiger partial charge in [-0.25, -0.2) is 20.4 Å². The van der Waals surface area contributed by atoms with Gasteiger partial charge in [0.2, 0.25) is 5.95 Å². The number of likely N-dealkylation sites (tertiary alicyclic amines) is 1. The van der Waals surface area contributed by atoms with Gasteiger partial charge in [-0.3, -0.25) is 14.9 Å². The number of fused-ring (bicyclic) bond motifs is 1. The number of aryl methyl sites for hydroxylation is 1. The highest BCUT2D eigenvalue weighted by Gasteiger charge is 2.48. The molecule has 9 nitrogen and oxygen atoms in total. The van der Waals surface area contributed by atoms with Gasteiger partial charge >= 0.3 is 0 Å². The molecule has 0 unspecified atom stereocenters. The molecule has 0 bridgehead atoms.